The van der Waals surface area contributed by atoms with E-state index >= 15 is 0 Å². The number of nitrogens with zero attached hydrogens (tertiary/aromatic N) is 5. The lowest BCUT2D eigenvalue weighted by Crippen LogP contribution is -2.25. The van der Waals surface area contributed by atoms with Gasteiger partial charge in [0.05, 0.1) is 21.8 Å². The molecule has 0 saturated heterocycles. The Hall–Kier alpha value is -5.11. The monoisotopic (exact) mass is 717 g/mol. The van der Waals surface area contributed by atoms with E-state index in [-0.39, 0.29) is 27.7 Å². The molecule has 3 aromatic carbocycles. The number of aromatic hydroxyl groups is 1. The Bertz CT molecular complexity index is 2010. The fraction of sp³-hybridized carbons (Fsp3) is 0.250. The Labute approximate surface area is 296 Å². The number of carboxylic acid groups (broad SMARTS) is 1. The summed E-state index contributed by atoms with van der Waals surface area (Å²) in [5.74, 6) is -1.46. The number of fused-ring (bicyclic) bond motifs is 1. The number of azo groups is 1. The predicted octanol–water partition coefficient (Wildman–Crippen LogP) is 8.51. The third-order valence-corrected chi connectivity index (χ3v) is 9.26. The highest BCUT2D eigenvalue weighted by Gasteiger charge is 2.15. The number of halogens is 1. The van der Waals surface area contributed by atoms with E-state index in [4.69, 9.17) is 16.7 Å². The average molecular weight is 718 g/mol. The number of aromatic carboxylic acids is 1. The van der Waals surface area contributed by atoms with Gasteiger partial charge in [0.2, 0.25) is 0 Å². The number of pyridine rings is 2. The van der Waals surface area contributed by atoms with E-state index in [0.29, 0.717) is 11.7 Å². The topological polar surface area (TPSA) is 169 Å². The van der Waals surface area contributed by atoms with Gasteiger partial charge < -0.3 is 20.4 Å². The number of benzene rings is 3. The molecule has 5 rings (SSSR count). The molecule has 0 fully saturated rings. The van der Waals surface area contributed by atoms with Crippen LogP contribution in [0.1, 0.15) is 44.0 Å². The number of anilines is 2. The Kier molecular flexibility index (Phi) is 13.6. The van der Waals surface area contributed by atoms with Gasteiger partial charge in [0.1, 0.15) is 17.1 Å². The first-order valence-electron chi connectivity index (χ1n) is 16.0. The summed E-state index contributed by atoms with van der Waals surface area (Å²) in [7, 11) is -3.79. The van der Waals surface area contributed by atoms with E-state index in [2.05, 4.69) is 55.9 Å². The number of hydrogen-bond acceptors (Lipinski definition) is 10. The van der Waals surface area contributed by atoms with Crippen LogP contribution in [0.2, 0.25) is 5.02 Å². The summed E-state index contributed by atoms with van der Waals surface area (Å²) in [6.45, 7) is 10.1. The molecule has 2 aromatic heterocycles. The van der Waals surface area contributed by atoms with Crippen molar-refractivity contribution in [2.45, 2.75) is 44.6 Å². The first-order valence-corrected chi connectivity index (χ1v) is 17.9. The van der Waals surface area contributed by atoms with E-state index in [9.17, 15) is 18.3 Å². The molecule has 5 aromatic rings. The molecule has 0 aliphatic rings. The molecule has 1 atom stereocenters. The van der Waals surface area contributed by atoms with Crippen molar-refractivity contribution in [1.29, 1.82) is 0 Å². The molecule has 50 heavy (non-hydrogen) atoms. The standard InChI is InChI=1S/C18H26ClN3.C18H14N4O5S/c1-4-22(5-2)12-6-7-14(3)21-17-10-11-20-18-13-15(19)8-9-16(17)18;23-16-9-6-13(11-15(16)18(24)25)21-20-12-4-7-14(8-5-12)28(26,27)22-17-3-1-2-10-19-17/h8-11,13-14H,4-7,12H2,1-3H3,(H,20,21);1-11,23H,(H,19,22)(H,24,25). The van der Waals surface area contributed by atoms with Crippen LogP contribution in [0.15, 0.2) is 112 Å². The highest BCUT2D eigenvalue weighted by molar-refractivity contribution is 7.92. The van der Waals surface area contributed by atoms with Crippen molar-refractivity contribution < 1.29 is 23.4 Å². The van der Waals surface area contributed by atoms with Gasteiger partial charge in [0, 0.05) is 34.5 Å². The molecule has 4 N–H and O–H groups in total. The number of rotatable bonds is 14. The molecule has 14 heteroatoms. The number of aromatic nitrogens is 2. The van der Waals surface area contributed by atoms with Crippen LogP contribution in [0.4, 0.5) is 22.9 Å². The van der Waals surface area contributed by atoms with Crippen LogP contribution in [0, 0.1) is 0 Å². The molecular weight excluding hydrogens is 678 g/mol. The molecule has 2 heterocycles. The van der Waals surface area contributed by atoms with Crippen LogP contribution in [0.25, 0.3) is 10.9 Å². The van der Waals surface area contributed by atoms with E-state index in [1.54, 1.807) is 12.1 Å². The van der Waals surface area contributed by atoms with E-state index in [1.807, 2.05) is 30.5 Å². The SMILES string of the molecule is CCN(CC)CCCC(C)Nc1ccnc2cc(Cl)ccc12.O=C(O)c1cc(N=Nc2ccc(S(=O)(=O)Nc3ccccn3)cc2)ccc1O. The Morgan fingerprint density at radius 3 is 2.32 bits per heavy atom. The van der Waals surface area contributed by atoms with E-state index in [0.717, 1.165) is 41.1 Å². The molecule has 0 bridgehead atoms. The van der Waals surface area contributed by atoms with Crippen molar-refractivity contribution in [3.63, 3.8) is 0 Å². The van der Waals surface area contributed by atoms with Crippen molar-refractivity contribution in [2.24, 2.45) is 10.2 Å². The fourth-order valence-corrected chi connectivity index (χ4v) is 6.10. The Morgan fingerprint density at radius 2 is 1.64 bits per heavy atom. The molecular formula is C36H40ClN7O5S. The maximum Gasteiger partial charge on any atom is 0.339 e. The number of sulfonamides is 1. The molecule has 0 aliphatic carbocycles. The van der Waals surface area contributed by atoms with Gasteiger partial charge in [-0.3, -0.25) is 9.71 Å². The summed E-state index contributed by atoms with van der Waals surface area (Å²) in [5.41, 5.74) is 2.37. The largest absolute Gasteiger partial charge is 0.507 e. The summed E-state index contributed by atoms with van der Waals surface area (Å²) >= 11 is 6.04. The Morgan fingerprint density at radius 1 is 0.920 bits per heavy atom. The third-order valence-electron chi connectivity index (χ3n) is 7.65. The lowest BCUT2D eigenvalue weighted by Gasteiger charge is -2.20. The lowest BCUT2D eigenvalue weighted by molar-refractivity contribution is 0.0693. The van der Waals surface area contributed by atoms with Crippen molar-refractivity contribution >= 4 is 61.4 Å². The number of nitrogens with one attached hydrogen (secondary N) is 2. The van der Waals surface area contributed by atoms with Crippen LogP contribution in [0.3, 0.4) is 0 Å². The van der Waals surface area contributed by atoms with Crippen molar-refractivity contribution in [2.75, 3.05) is 29.7 Å². The predicted molar refractivity (Wildman–Crippen MR) is 198 cm³/mol. The van der Waals surface area contributed by atoms with Gasteiger partial charge in [-0.1, -0.05) is 31.5 Å². The lowest BCUT2D eigenvalue weighted by atomic mass is 10.1. The van der Waals surface area contributed by atoms with Gasteiger partial charge in [-0.05, 0) is 118 Å². The molecule has 0 amide bonds. The van der Waals surface area contributed by atoms with Crippen LogP contribution < -0.4 is 10.0 Å². The minimum absolute atomic E-state index is 0.0231. The van der Waals surface area contributed by atoms with Crippen molar-refractivity contribution in [3.05, 3.63) is 108 Å². The van der Waals surface area contributed by atoms with Crippen LogP contribution >= 0.6 is 11.6 Å². The summed E-state index contributed by atoms with van der Waals surface area (Å²) in [5, 5.41) is 31.8. The van der Waals surface area contributed by atoms with Crippen LogP contribution in [0.5, 0.6) is 5.75 Å². The third kappa shape index (κ3) is 11.0. The molecule has 0 spiro atoms. The second-order valence-corrected chi connectivity index (χ2v) is 13.4. The highest BCUT2D eigenvalue weighted by Crippen LogP contribution is 2.27. The maximum absolute atomic E-state index is 12.3. The second kappa shape index (κ2) is 18.0. The Balaban J connectivity index is 0.000000232. The summed E-state index contributed by atoms with van der Waals surface area (Å²) in [4.78, 5) is 21.8. The zero-order valence-electron chi connectivity index (χ0n) is 28.0. The minimum Gasteiger partial charge on any atom is -0.507 e. The minimum atomic E-state index is -3.79. The van der Waals surface area contributed by atoms with Gasteiger partial charge >= 0.3 is 5.97 Å². The molecule has 12 nitrogen and oxygen atoms in total. The van der Waals surface area contributed by atoms with E-state index in [1.165, 1.54) is 67.7 Å². The average Bonchev–Trinajstić information content (AvgIpc) is 3.10. The molecule has 0 aliphatic heterocycles. The second-order valence-electron chi connectivity index (χ2n) is 11.3. The first kappa shape index (κ1) is 37.7. The first-order chi connectivity index (χ1) is 24.0. The number of carbonyl (C=O) groups is 1. The quantitative estimate of drug-likeness (QED) is 0.0823. The summed E-state index contributed by atoms with van der Waals surface area (Å²) in [6.07, 6.45) is 5.68. The highest BCUT2D eigenvalue weighted by atomic mass is 35.5. The molecule has 0 radical (unpaired) electrons. The molecule has 262 valence electrons. The van der Waals surface area contributed by atoms with Gasteiger partial charge in [-0.25, -0.2) is 18.2 Å². The molecule has 0 saturated carbocycles. The van der Waals surface area contributed by atoms with Crippen molar-refractivity contribution in [1.82, 2.24) is 14.9 Å². The summed E-state index contributed by atoms with van der Waals surface area (Å²) in [6, 6.07) is 22.6. The fourth-order valence-electron chi connectivity index (χ4n) is 4.93. The number of hydrogen-bond donors (Lipinski definition) is 4. The normalized spacial score (nSPS) is 12.0. The number of carboxylic acids is 1. The maximum atomic E-state index is 12.3. The van der Waals surface area contributed by atoms with Crippen molar-refractivity contribution in [3.8, 4) is 5.75 Å². The van der Waals surface area contributed by atoms with Gasteiger partial charge in [0.15, 0.2) is 0 Å². The van der Waals surface area contributed by atoms with Gasteiger partial charge in [-0.2, -0.15) is 10.2 Å². The summed E-state index contributed by atoms with van der Waals surface area (Å²) < 4.78 is 27.0. The smallest absolute Gasteiger partial charge is 0.339 e. The van der Waals surface area contributed by atoms with Gasteiger partial charge in [0.25, 0.3) is 10.0 Å². The van der Waals surface area contributed by atoms with Gasteiger partial charge in [-0.15, -0.1) is 0 Å². The zero-order chi connectivity index (χ0) is 36.1. The number of phenols is 1. The molecule has 1 unspecified atom stereocenters. The van der Waals surface area contributed by atoms with Crippen LogP contribution in [-0.4, -0.2) is 65.1 Å². The van der Waals surface area contributed by atoms with Crippen LogP contribution in [-0.2, 0) is 10.0 Å². The van der Waals surface area contributed by atoms with E-state index < -0.39 is 16.0 Å². The zero-order valence-corrected chi connectivity index (χ0v) is 29.6.